The van der Waals surface area contributed by atoms with E-state index in [1.807, 2.05) is 12.1 Å². The smallest absolute Gasteiger partial charge is 0.105 e. The molecule has 0 aliphatic rings. The molecule has 0 radical (unpaired) electrons. The Hall–Kier alpha value is -1.02. The fraction of sp³-hybridized carbons (Fsp3) is 0.294. The first-order valence-corrected chi connectivity index (χ1v) is 7.51. The lowest BCUT2D eigenvalue weighted by Gasteiger charge is -2.15. The maximum absolute atomic E-state index is 10.4. The summed E-state index contributed by atoms with van der Waals surface area (Å²) in [6.45, 7) is 4.36. The number of hydrogen-bond donors (Lipinski definition) is 1. The summed E-state index contributed by atoms with van der Waals surface area (Å²) in [7, 11) is 0. The van der Waals surface area contributed by atoms with Gasteiger partial charge in [0.25, 0.3) is 0 Å². The first-order chi connectivity index (χ1) is 9.52. The van der Waals surface area contributed by atoms with E-state index in [9.17, 15) is 5.11 Å². The average molecular weight is 309 g/mol. The normalized spacial score (nSPS) is 14.1. The number of aliphatic hydroxyl groups is 1. The average Bonchev–Trinajstić information content (AvgIpc) is 2.46. The maximum Gasteiger partial charge on any atom is 0.105 e. The van der Waals surface area contributed by atoms with Crippen LogP contribution in [-0.2, 0) is 0 Å². The Morgan fingerprint density at radius 2 is 1.60 bits per heavy atom. The third-order valence-electron chi connectivity index (χ3n) is 3.69. The van der Waals surface area contributed by atoms with Crippen LogP contribution in [0, 0.1) is 0 Å². The predicted molar refractivity (Wildman–Crippen MR) is 85.7 cm³/mol. The van der Waals surface area contributed by atoms with Crippen molar-refractivity contribution in [3.8, 4) is 0 Å². The Labute approximate surface area is 130 Å². The summed E-state index contributed by atoms with van der Waals surface area (Å²) >= 11 is 12.0. The number of halogens is 2. The molecule has 3 heteroatoms. The van der Waals surface area contributed by atoms with Crippen molar-refractivity contribution < 1.29 is 5.11 Å². The third-order valence-corrected chi connectivity index (χ3v) is 4.25. The fourth-order valence-corrected chi connectivity index (χ4v) is 2.66. The summed E-state index contributed by atoms with van der Waals surface area (Å²) in [5.74, 6) is 0.528. The molecule has 1 nitrogen and oxygen atoms in total. The minimum atomic E-state index is -0.731. The monoisotopic (exact) mass is 308 g/mol. The van der Waals surface area contributed by atoms with Gasteiger partial charge in [-0.15, -0.1) is 0 Å². The Kier molecular flexibility index (Phi) is 5.09. The maximum atomic E-state index is 10.4. The number of aliphatic hydroxyl groups excluding tert-OH is 1. The van der Waals surface area contributed by atoms with E-state index < -0.39 is 6.10 Å². The fourth-order valence-electron chi connectivity index (χ4n) is 2.15. The van der Waals surface area contributed by atoms with Crippen LogP contribution in [0.15, 0.2) is 42.5 Å². The van der Waals surface area contributed by atoms with Crippen LogP contribution >= 0.6 is 23.2 Å². The standard InChI is InChI=1S/C17H18Cl2O/c1-3-11(2)12-4-6-13(7-5-12)17(20)15-9-8-14(18)10-16(15)19/h4-11,17,20H,3H2,1-2H3. The van der Waals surface area contributed by atoms with Gasteiger partial charge in [-0.25, -0.2) is 0 Å². The highest BCUT2D eigenvalue weighted by molar-refractivity contribution is 6.35. The molecule has 0 saturated heterocycles. The van der Waals surface area contributed by atoms with Crippen molar-refractivity contribution in [1.29, 1.82) is 0 Å². The second-order valence-electron chi connectivity index (χ2n) is 5.04. The van der Waals surface area contributed by atoms with Gasteiger partial charge in [0, 0.05) is 15.6 Å². The van der Waals surface area contributed by atoms with Gasteiger partial charge in [0.2, 0.25) is 0 Å². The Morgan fingerprint density at radius 1 is 1.00 bits per heavy atom. The van der Waals surface area contributed by atoms with Crippen LogP contribution in [0.2, 0.25) is 10.0 Å². The molecule has 2 unspecified atom stereocenters. The van der Waals surface area contributed by atoms with E-state index in [0.29, 0.717) is 21.5 Å². The van der Waals surface area contributed by atoms with Crippen LogP contribution < -0.4 is 0 Å². The molecule has 106 valence electrons. The summed E-state index contributed by atoms with van der Waals surface area (Å²) in [6, 6.07) is 13.2. The molecule has 20 heavy (non-hydrogen) atoms. The van der Waals surface area contributed by atoms with E-state index in [1.54, 1.807) is 18.2 Å². The van der Waals surface area contributed by atoms with Crippen LogP contribution in [0.5, 0.6) is 0 Å². The summed E-state index contributed by atoms with van der Waals surface area (Å²) in [6.07, 6.45) is 0.371. The highest BCUT2D eigenvalue weighted by Gasteiger charge is 2.14. The zero-order valence-electron chi connectivity index (χ0n) is 11.6. The molecule has 0 spiro atoms. The lowest BCUT2D eigenvalue weighted by atomic mass is 9.95. The van der Waals surface area contributed by atoms with Crippen molar-refractivity contribution >= 4 is 23.2 Å². The van der Waals surface area contributed by atoms with E-state index in [1.165, 1.54) is 5.56 Å². The zero-order valence-corrected chi connectivity index (χ0v) is 13.1. The second kappa shape index (κ2) is 6.62. The van der Waals surface area contributed by atoms with Crippen molar-refractivity contribution in [2.45, 2.75) is 32.3 Å². The third kappa shape index (κ3) is 3.35. The van der Waals surface area contributed by atoms with Crippen LogP contribution in [0.25, 0.3) is 0 Å². The van der Waals surface area contributed by atoms with Gasteiger partial charge in [0.1, 0.15) is 6.10 Å². The predicted octanol–water partition coefficient (Wildman–Crippen LogP) is 5.59. The topological polar surface area (TPSA) is 20.2 Å². The SMILES string of the molecule is CCC(C)c1ccc(C(O)c2ccc(Cl)cc2Cl)cc1. The Bertz CT molecular complexity index is 578. The van der Waals surface area contributed by atoms with Crippen molar-refractivity contribution in [2.24, 2.45) is 0 Å². The van der Waals surface area contributed by atoms with Gasteiger partial charge in [-0.2, -0.15) is 0 Å². The molecule has 0 aliphatic carbocycles. The van der Waals surface area contributed by atoms with Crippen LogP contribution in [0.3, 0.4) is 0 Å². The lowest BCUT2D eigenvalue weighted by Crippen LogP contribution is -2.01. The molecule has 0 amide bonds. The molecule has 0 aliphatic heterocycles. The van der Waals surface area contributed by atoms with E-state index in [0.717, 1.165) is 12.0 Å². The molecule has 2 rings (SSSR count). The van der Waals surface area contributed by atoms with Gasteiger partial charge in [0.15, 0.2) is 0 Å². The molecular weight excluding hydrogens is 291 g/mol. The molecule has 2 atom stereocenters. The molecule has 0 bridgehead atoms. The number of hydrogen-bond acceptors (Lipinski definition) is 1. The second-order valence-corrected chi connectivity index (χ2v) is 5.89. The van der Waals surface area contributed by atoms with Crippen molar-refractivity contribution in [3.63, 3.8) is 0 Å². The first-order valence-electron chi connectivity index (χ1n) is 6.75. The largest absolute Gasteiger partial charge is 0.384 e. The van der Waals surface area contributed by atoms with Gasteiger partial charge in [-0.05, 0) is 35.6 Å². The van der Waals surface area contributed by atoms with E-state index in [4.69, 9.17) is 23.2 Å². The molecule has 0 aromatic heterocycles. The summed E-state index contributed by atoms with van der Waals surface area (Å²) in [4.78, 5) is 0. The van der Waals surface area contributed by atoms with Gasteiger partial charge < -0.3 is 5.11 Å². The number of rotatable bonds is 4. The summed E-state index contributed by atoms with van der Waals surface area (Å²) < 4.78 is 0. The summed E-state index contributed by atoms with van der Waals surface area (Å²) in [5.41, 5.74) is 2.79. The van der Waals surface area contributed by atoms with Gasteiger partial charge in [-0.3, -0.25) is 0 Å². The summed E-state index contributed by atoms with van der Waals surface area (Å²) in [5, 5.41) is 11.5. The zero-order chi connectivity index (χ0) is 14.7. The number of benzene rings is 2. The van der Waals surface area contributed by atoms with E-state index >= 15 is 0 Å². The molecule has 0 heterocycles. The minimum absolute atomic E-state index is 0.482. The van der Waals surface area contributed by atoms with Gasteiger partial charge in [-0.1, -0.05) is 67.4 Å². The van der Waals surface area contributed by atoms with Gasteiger partial charge >= 0.3 is 0 Å². The van der Waals surface area contributed by atoms with Crippen molar-refractivity contribution in [1.82, 2.24) is 0 Å². The molecule has 2 aromatic carbocycles. The molecular formula is C17H18Cl2O. The Balaban J connectivity index is 2.26. The molecule has 1 N–H and O–H groups in total. The Morgan fingerprint density at radius 3 is 2.15 bits per heavy atom. The quantitative estimate of drug-likeness (QED) is 0.780. The lowest BCUT2D eigenvalue weighted by molar-refractivity contribution is 0.220. The highest BCUT2D eigenvalue weighted by atomic mass is 35.5. The molecule has 0 saturated carbocycles. The van der Waals surface area contributed by atoms with E-state index in [-0.39, 0.29) is 0 Å². The van der Waals surface area contributed by atoms with Crippen LogP contribution in [-0.4, -0.2) is 5.11 Å². The highest BCUT2D eigenvalue weighted by Crippen LogP contribution is 2.31. The van der Waals surface area contributed by atoms with Gasteiger partial charge in [0.05, 0.1) is 0 Å². The molecule has 2 aromatic rings. The first kappa shape index (κ1) is 15.4. The van der Waals surface area contributed by atoms with Crippen molar-refractivity contribution in [2.75, 3.05) is 0 Å². The molecule has 0 fully saturated rings. The van der Waals surface area contributed by atoms with E-state index in [2.05, 4.69) is 26.0 Å². The van der Waals surface area contributed by atoms with Crippen LogP contribution in [0.1, 0.15) is 49.0 Å². The van der Waals surface area contributed by atoms with Crippen molar-refractivity contribution in [3.05, 3.63) is 69.2 Å². The van der Waals surface area contributed by atoms with Crippen LogP contribution in [0.4, 0.5) is 0 Å². The minimum Gasteiger partial charge on any atom is -0.384 e.